The zero-order valence-electron chi connectivity index (χ0n) is 11.2. The molecule has 1 fully saturated rings. The number of imidazole rings is 1. The minimum absolute atomic E-state index is 0.00685. The highest BCUT2D eigenvalue weighted by Crippen LogP contribution is 2.35. The van der Waals surface area contributed by atoms with E-state index in [4.69, 9.17) is 11.6 Å². The fourth-order valence-electron chi connectivity index (χ4n) is 3.19. The van der Waals surface area contributed by atoms with Gasteiger partial charge in [-0.3, -0.25) is 0 Å². The zero-order valence-corrected chi connectivity index (χ0v) is 12.0. The smallest absolute Gasteiger partial charge is 0.201 e. The number of nitrogens with zero attached hydrogens (tertiary/aromatic N) is 1. The standard InChI is InChI=1S/C15H20ClN3/c1-11-5-4-8-15(9-11,10-16)19-14-17-12-6-2-3-7-13(12)18-14/h2-3,6-7,11H,4-5,8-10H2,1H3,(H2,17,18,19). The monoisotopic (exact) mass is 277 g/mol. The maximum Gasteiger partial charge on any atom is 0.201 e. The predicted molar refractivity (Wildman–Crippen MR) is 80.8 cm³/mol. The largest absolute Gasteiger partial charge is 0.349 e. The van der Waals surface area contributed by atoms with Crippen LogP contribution in [0.25, 0.3) is 11.0 Å². The van der Waals surface area contributed by atoms with Gasteiger partial charge in [0.25, 0.3) is 0 Å². The van der Waals surface area contributed by atoms with Crippen LogP contribution in [0.3, 0.4) is 0 Å². The molecule has 1 heterocycles. The Bertz CT molecular complexity index is 532. The highest BCUT2D eigenvalue weighted by Gasteiger charge is 2.34. The number of fused-ring (bicyclic) bond motifs is 1. The van der Waals surface area contributed by atoms with Crippen LogP contribution in [-0.2, 0) is 0 Å². The number of nitrogens with one attached hydrogen (secondary N) is 2. The molecule has 0 bridgehead atoms. The van der Waals surface area contributed by atoms with E-state index in [2.05, 4.69) is 22.2 Å². The molecule has 2 aromatic rings. The molecule has 2 atom stereocenters. The number of halogens is 1. The van der Waals surface area contributed by atoms with Gasteiger partial charge in [-0.05, 0) is 30.9 Å². The van der Waals surface area contributed by atoms with E-state index in [0.29, 0.717) is 5.88 Å². The van der Waals surface area contributed by atoms with Gasteiger partial charge in [0.15, 0.2) is 0 Å². The van der Waals surface area contributed by atoms with Crippen molar-refractivity contribution < 1.29 is 0 Å². The molecule has 0 radical (unpaired) electrons. The van der Waals surface area contributed by atoms with E-state index in [0.717, 1.165) is 35.7 Å². The lowest BCUT2D eigenvalue weighted by atomic mass is 9.77. The molecular formula is C15H20ClN3. The zero-order chi connectivity index (χ0) is 13.3. The van der Waals surface area contributed by atoms with Crippen molar-refractivity contribution in [2.75, 3.05) is 11.2 Å². The quantitative estimate of drug-likeness (QED) is 0.827. The fraction of sp³-hybridized carbons (Fsp3) is 0.533. The third-order valence-electron chi connectivity index (χ3n) is 4.12. The molecule has 1 aromatic carbocycles. The Labute approximate surface area is 118 Å². The van der Waals surface area contributed by atoms with Gasteiger partial charge in [-0.15, -0.1) is 11.6 Å². The minimum atomic E-state index is -0.00685. The maximum absolute atomic E-state index is 6.25. The van der Waals surface area contributed by atoms with Crippen LogP contribution in [0, 0.1) is 5.92 Å². The average molecular weight is 278 g/mol. The van der Waals surface area contributed by atoms with E-state index in [1.165, 1.54) is 12.8 Å². The summed E-state index contributed by atoms with van der Waals surface area (Å²) < 4.78 is 0. The molecule has 0 aliphatic heterocycles. The lowest BCUT2D eigenvalue weighted by Gasteiger charge is -2.39. The van der Waals surface area contributed by atoms with Gasteiger partial charge in [0.2, 0.25) is 5.95 Å². The van der Waals surface area contributed by atoms with Crippen LogP contribution in [0.4, 0.5) is 5.95 Å². The number of H-pyrrole nitrogens is 1. The summed E-state index contributed by atoms with van der Waals surface area (Å²) in [5.74, 6) is 2.20. The third-order valence-corrected chi connectivity index (χ3v) is 4.63. The molecule has 3 rings (SSSR count). The van der Waals surface area contributed by atoms with Gasteiger partial charge in [-0.25, -0.2) is 4.98 Å². The van der Waals surface area contributed by atoms with Crippen molar-refractivity contribution in [1.29, 1.82) is 0 Å². The Kier molecular flexibility index (Phi) is 3.40. The van der Waals surface area contributed by atoms with Gasteiger partial charge in [0.05, 0.1) is 16.6 Å². The summed E-state index contributed by atoms with van der Waals surface area (Å²) in [5.41, 5.74) is 2.06. The normalized spacial score (nSPS) is 27.6. The second-order valence-corrected chi connectivity index (χ2v) is 6.11. The lowest BCUT2D eigenvalue weighted by molar-refractivity contribution is 0.278. The number of rotatable bonds is 3. The van der Waals surface area contributed by atoms with Crippen molar-refractivity contribution >= 4 is 28.6 Å². The van der Waals surface area contributed by atoms with Gasteiger partial charge in [-0.2, -0.15) is 0 Å². The van der Waals surface area contributed by atoms with E-state index in [-0.39, 0.29) is 5.54 Å². The van der Waals surface area contributed by atoms with Gasteiger partial charge in [0.1, 0.15) is 0 Å². The highest BCUT2D eigenvalue weighted by atomic mass is 35.5. The van der Waals surface area contributed by atoms with Crippen molar-refractivity contribution in [3.63, 3.8) is 0 Å². The summed E-state index contributed by atoms with van der Waals surface area (Å²) in [6.07, 6.45) is 4.78. The number of benzene rings is 1. The number of hydrogen-bond acceptors (Lipinski definition) is 2. The summed E-state index contributed by atoms with van der Waals surface area (Å²) in [7, 11) is 0. The molecule has 4 heteroatoms. The Balaban J connectivity index is 1.85. The van der Waals surface area contributed by atoms with E-state index in [1.54, 1.807) is 0 Å². The molecule has 2 unspecified atom stereocenters. The van der Waals surface area contributed by atoms with E-state index >= 15 is 0 Å². The van der Waals surface area contributed by atoms with E-state index < -0.39 is 0 Å². The third kappa shape index (κ3) is 2.57. The maximum atomic E-state index is 6.25. The van der Waals surface area contributed by atoms with Gasteiger partial charge in [0, 0.05) is 5.88 Å². The SMILES string of the molecule is CC1CCCC(CCl)(Nc2nc3ccccc3[nH]2)C1. The molecule has 0 spiro atoms. The topological polar surface area (TPSA) is 40.7 Å². The van der Waals surface area contributed by atoms with Crippen LogP contribution in [0.2, 0.25) is 0 Å². The number of aromatic nitrogens is 2. The van der Waals surface area contributed by atoms with Crippen molar-refractivity contribution in [2.24, 2.45) is 5.92 Å². The molecule has 19 heavy (non-hydrogen) atoms. The van der Waals surface area contributed by atoms with Crippen LogP contribution in [-0.4, -0.2) is 21.4 Å². The second-order valence-electron chi connectivity index (χ2n) is 5.84. The Morgan fingerprint density at radius 3 is 3.05 bits per heavy atom. The van der Waals surface area contributed by atoms with Crippen LogP contribution in [0.5, 0.6) is 0 Å². The molecule has 0 amide bonds. The Hall–Kier alpha value is -1.22. The molecule has 1 aromatic heterocycles. The van der Waals surface area contributed by atoms with Crippen molar-refractivity contribution in [3.05, 3.63) is 24.3 Å². The molecule has 1 aliphatic rings. The molecule has 1 aliphatic carbocycles. The summed E-state index contributed by atoms with van der Waals surface area (Å²) in [4.78, 5) is 7.94. The number of alkyl halides is 1. The lowest BCUT2D eigenvalue weighted by Crippen LogP contribution is -2.44. The highest BCUT2D eigenvalue weighted by molar-refractivity contribution is 6.18. The Morgan fingerprint density at radius 1 is 1.47 bits per heavy atom. The van der Waals surface area contributed by atoms with Crippen molar-refractivity contribution in [3.8, 4) is 0 Å². The van der Waals surface area contributed by atoms with E-state index in [9.17, 15) is 0 Å². The average Bonchev–Trinajstić information content (AvgIpc) is 2.80. The fourth-order valence-corrected chi connectivity index (χ4v) is 3.50. The molecule has 102 valence electrons. The first-order valence-electron chi connectivity index (χ1n) is 7.00. The summed E-state index contributed by atoms with van der Waals surface area (Å²) in [5, 5.41) is 3.57. The number of para-hydroxylation sites is 2. The van der Waals surface area contributed by atoms with Gasteiger partial charge in [-0.1, -0.05) is 31.9 Å². The number of hydrogen-bond donors (Lipinski definition) is 2. The predicted octanol–water partition coefficient (Wildman–Crippen LogP) is 4.16. The minimum Gasteiger partial charge on any atom is -0.349 e. The number of anilines is 1. The molecule has 1 saturated carbocycles. The molecule has 3 nitrogen and oxygen atoms in total. The first kappa shape index (κ1) is 12.8. The van der Waals surface area contributed by atoms with Crippen LogP contribution in [0.15, 0.2) is 24.3 Å². The van der Waals surface area contributed by atoms with Crippen molar-refractivity contribution in [2.45, 2.75) is 38.1 Å². The molecule has 0 saturated heterocycles. The van der Waals surface area contributed by atoms with E-state index in [1.807, 2.05) is 24.3 Å². The summed E-state index contributed by atoms with van der Waals surface area (Å²) in [6, 6.07) is 8.09. The second kappa shape index (κ2) is 5.04. The number of aromatic amines is 1. The summed E-state index contributed by atoms with van der Waals surface area (Å²) >= 11 is 6.25. The van der Waals surface area contributed by atoms with Crippen LogP contribution < -0.4 is 5.32 Å². The molecule has 2 N–H and O–H groups in total. The van der Waals surface area contributed by atoms with Gasteiger partial charge >= 0.3 is 0 Å². The van der Waals surface area contributed by atoms with Crippen molar-refractivity contribution in [1.82, 2.24) is 9.97 Å². The van der Waals surface area contributed by atoms with Crippen LogP contribution in [0.1, 0.15) is 32.6 Å². The summed E-state index contributed by atoms with van der Waals surface area (Å²) in [6.45, 7) is 2.31. The first-order chi connectivity index (χ1) is 9.21. The Morgan fingerprint density at radius 2 is 2.32 bits per heavy atom. The van der Waals surface area contributed by atoms with Crippen LogP contribution >= 0.6 is 11.6 Å². The molecular weight excluding hydrogens is 258 g/mol. The first-order valence-corrected chi connectivity index (χ1v) is 7.53. The van der Waals surface area contributed by atoms with Gasteiger partial charge < -0.3 is 10.3 Å².